The first kappa shape index (κ1) is 147. The third kappa shape index (κ3) is 56.0. The van der Waals surface area contributed by atoms with Crippen LogP contribution in [0.1, 0.15) is 176 Å². The van der Waals surface area contributed by atoms with E-state index >= 15 is 0 Å². The molecule has 0 fully saturated rings. The van der Waals surface area contributed by atoms with Crippen molar-refractivity contribution in [2.75, 3.05) is 105 Å². The summed E-state index contributed by atoms with van der Waals surface area (Å²) in [5, 5.41) is 42.2. The van der Waals surface area contributed by atoms with E-state index in [9.17, 15) is 39.3 Å². The minimum Gasteiger partial charge on any atom is -0.508 e. The summed E-state index contributed by atoms with van der Waals surface area (Å²) in [6.07, 6.45) is 26.6. The van der Waals surface area contributed by atoms with Crippen molar-refractivity contribution in [2.24, 2.45) is 29.6 Å². The van der Waals surface area contributed by atoms with E-state index in [1.54, 1.807) is 75.1 Å². The molecule has 770 valence electrons. The minimum atomic E-state index is -4.94. The van der Waals surface area contributed by atoms with Crippen LogP contribution >= 0.6 is 101 Å². The molecule has 0 saturated carbocycles. The van der Waals surface area contributed by atoms with Crippen molar-refractivity contribution >= 4 is 130 Å². The summed E-state index contributed by atoms with van der Waals surface area (Å²) in [6.45, 7) is 29.1. The van der Waals surface area contributed by atoms with Gasteiger partial charge >= 0.3 is 18.9 Å². The first-order valence-electron chi connectivity index (χ1n) is 40.6. The Balaban J connectivity index is -0.000000163. The van der Waals surface area contributed by atoms with Gasteiger partial charge in [-0.3, -0.25) is 34.1 Å². The van der Waals surface area contributed by atoms with Gasteiger partial charge in [0.05, 0.1) is 84.3 Å². The SMILES string of the molecule is C.C.C.C.C.C.C=CC(=C)C.CC1=CCC2C(=O)C=CC(=O)C2C1.CC1=CCc2c(O)ccc(O)c2C1.CCCNC1Cc2c(OC)ccc(OC)c2CC1C.COc1ccc(OC)c2c1CC(=O)C(C)C2.COc1ccc(OC)c2c1CC(C)[C@@H](O)C2.COc1ccc(OC)c2c1CC=C(C)C2.CPC.C[N+](=O)[O-].ClCCl.ClCCl.ClCCl.ClCCl.O=C1C=CC(=O)C=C1.[HH].[Li+].[O-][Cl+3]([O-])([O-])[O-]. The number of aliphatic hydroxyl groups excluding tert-OH is 1. The van der Waals surface area contributed by atoms with Crippen molar-refractivity contribution in [2.45, 2.75) is 196 Å². The number of nitrogens with zero attached hydrogens (tertiary/aromatic N) is 1. The number of aliphatic hydroxyl groups is 1. The summed E-state index contributed by atoms with van der Waals surface area (Å²) >= 11 is 38.1. The van der Waals surface area contributed by atoms with Crippen LogP contribution in [0.25, 0.3) is 0 Å². The maximum absolute atomic E-state index is 11.7. The number of hydrogen-bond donors (Lipinski definition) is 4. The van der Waals surface area contributed by atoms with Gasteiger partial charge in [0, 0.05) is 98.6 Å². The van der Waals surface area contributed by atoms with Crippen molar-refractivity contribution in [3.8, 4) is 57.5 Å². The molecule has 0 amide bonds. The summed E-state index contributed by atoms with van der Waals surface area (Å²) in [4.78, 5) is 63.5. The van der Waals surface area contributed by atoms with Gasteiger partial charge in [-0.25, -0.2) is 18.6 Å². The number of halogens is 9. The number of phenols is 2. The van der Waals surface area contributed by atoms with E-state index in [4.69, 9.17) is 159 Å². The number of carbonyl (C=O) groups excluding carboxylic acids is 5. The summed E-state index contributed by atoms with van der Waals surface area (Å²) < 4.78 is 77.0. The molecule has 0 aromatic heterocycles. The van der Waals surface area contributed by atoms with E-state index in [0.29, 0.717) is 30.6 Å². The van der Waals surface area contributed by atoms with Crippen molar-refractivity contribution in [1.82, 2.24) is 5.32 Å². The minimum absolute atomic E-state index is 0. The Bertz CT molecular complexity index is 4420. The zero-order chi connectivity index (χ0) is 98.8. The van der Waals surface area contributed by atoms with Gasteiger partial charge in [-0.1, -0.05) is 132 Å². The number of ether oxygens (including phenoxy) is 8. The van der Waals surface area contributed by atoms with E-state index < -0.39 is 15.2 Å². The van der Waals surface area contributed by atoms with E-state index in [-0.39, 0.29) is 151 Å². The number of phenolic OH excluding ortho intramolecular Hbond substituents is 2. The van der Waals surface area contributed by atoms with E-state index in [1.807, 2.05) is 76.2 Å². The van der Waals surface area contributed by atoms with Gasteiger partial charge in [0.15, 0.2) is 30.2 Å². The molecule has 8 aliphatic carbocycles. The second kappa shape index (κ2) is 82.9. The molecule has 0 radical (unpaired) electrons. The van der Waals surface area contributed by atoms with Crippen molar-refractivity contribution in [1.29, 1.82) is 0 Å². The Kier molecular flexibility index (Phi) is 89.5. The van der Waals surface area contributed by atoms with Gasteiger partial charge < -0.3 is 58.5 Å². The van der Waals surface area contributed by atoms with Crippen LogP contribution in [0.3, 0.4) is 0 Å². The second-order valence-corrected chi connectivity index (χ2v) is 34.4. The number of nitrogens with one attached hydrogen (secondary N) is 1. The molecule has 0 aliphatic heterocycles. The predicted octanol–water partition coefficient (Wildman–Crippen LogP) is 18.0. The molecule has 8 aliphatic rings. The quantitative estimate of drug-likeness (QED) is 0.0104. The number of hydrogen-bond acceptors (Lipinski definition) is 23. The molecule has 136 heavy (non-hydrogen) atoms. The van der Waals surface area contributed by atoms with Crippen molar-refractivity contribution in [3.05, 3.63) is 223 Å². The molecular formula is C101H155Cl9LiN2O22P. The van der Waals surface area contributed by atoms with Gasteiger partial charge in [-0.15, -0.1) is 112 Å². The molecule has 24 nitrogen and oxygen atoms in total. The van der Waals surface area contributed by atoms with Crippen molar-refractivity contribution < 1.29 is 131 Å². The third-order valence-corrected chi connectivity index (χ3v) is 20.1. The molecule has 0 bridgehead atoms. The number of carbonyl (C=O) groups is 5. The molecule has 4 N–H and O–H groups in total. The molecule has 35 heteroatoms. The van der Waals surface area contributed by atoms with E-state index in [2.05, 4.69) is 77.7 Å². The van der Waals surface area contributed by atoms with Gasteiger partial charge in [-0.2, -0.15) is 0 Å². The van der Waals surface area contributed by atoms with Crippen molar-refractivity contribution in [3.63, 3.8) is 0 Å². The number of ketones is 5. The smallest absolute Gasteiger partial charge is 0.508 e. The Labute approximate surface area is 870 Å². The largest absolute Gasteiger partial charge is 1.00 e. The van der Waals surface area contributed by atoms with Gasteiger partial charge in [-0.05, 0) is 227 Å². The van der Waals surface area contributed by atoms with Crippen LogP contribution in [-0.4, -0.2) is 166 Å². The molecule has 0 heterocycles. The van der Waals surface area contributed by atoms with Crippen LogP contribution in [0.15, 0.2) is 157 Å². The maximum Gasteiger partial charge on any atom is 1.00 e. The number of methoxy groups -OCH3 is 8. The molecule has 7 atom stereocenters. The van der Waals surface area contributed by atoms with E-state index in [1.165, 1.54) is 87.4 Å². The zero-order valence-corrected chi connectivity index (χ0v) is 86.0. The molecule has 0 spiro atoms. The molecular weight excluding hydrogens is 1950 g/mol. The fourth-order valence-electron chi connectivity index (χ4n) is 13.9. The number of Topliss-reactive ketones (excluding diaryl/α,β-unsaturated/α-hetero) is 1. The fourth-order valence-corrected chi connectivity index (χ4v) is 13.9. The molecule has 6 unspecified atom stereocenters. The van der Waals surface area contributed by atoms with Gasteiger partial charge in [0.25, 0.3) is 0 Å². The fraction of sp³-hybridized carbons (Fsp3) is 0.495. The van der Waals surface area contributed by atoms with E-state index in [0.717, 1.165) is 166 Å². The maximum atomic E-state index is 11.7. The summed E-state index contributed by atoms with van der Waals surface area (Å²) in [6, 6.07) is 19.2. The van der Waals surface area contributed by atoms with Crippen LogP contribution < -0.4 is 80.7 Å². The summed E-state index contributed by atoms with van der Waals surface area (Å²) in [5.41, 5.74) is 16.2. The molecule has 5 aromatic rings. The Morgan fingerprint density at radius 1 is 0.485 bits per heavy atom. The normalized spacial score (nSPS) is 16.8. The second-order valence-electron chi connectivity index (χ2n) is 29.4. The molecule has 0 saturated heterocycles. The third-order valence-electron chi connectivity index (χ3n) is 20.1. The first-order chi connectivity index (χ1) is 61.0. The number of nitro groups is 1. The van der Waals surface area contributed by atoms with Crippen LogP contribution in [0.2, 0.25) is 0 Å². The van der Waals surface area contributed by atoms with Crippen LogP contribution in [0.4, 0.5) is 0 Å². The number of fused-ring (bicyclic) bond motifs is 6. The predicted molar refractivity (Wildman–Crippen MR) is 557 cm³/mol. The number of rotatable bonds is 12. The number of allylic oxidation sites excluding steroid dienone is 14. The Hall–Kier alpha value is -6.83. The number of benzene rings is 5. The van der Waals surface area contributed by atoms with Gasteiger partial charge in [0.1, 0.15) is 63.3 Å². The molecule has 13 rings (SSSR count). The van der Waals surface area contributed by atoms with Crippen LogP contribution in [0.5, 0.6) is 57.5 Å². The summed E-state index contributed by atoms with van der Waals surface area (Å²) in [7, 11) is 10.6. The summed E-state index contributed by atoms with van der Waals surface area (Å²) in [5.74, 6) is 9.01. The number of alkyl halides is 8. The molecule has 5 aromatic carbocycles. The Morgan fingerprint density at radius 3 is 1.12 bits per heavy atom. The standard InChI is InChI=1S/C16H25NO2.C13H18O3.C13H16O3.C13H16O2.2C11H12O2.C6H4O2.C5H8.C2H7P.4CH2Cl2.CH3NO2.6CH4.ClHO4.Li.H2/c1-5-8-17-14-10-13-12(9-11(14)2)15(18-3)6-7-16(13)19-4;2*1-8-6-9-10(7-11(8)14)13(16-3)5-4-12(9)15-2;1-9-4-5-10-11(8-9)13(15-3)7-6-12(10)14-2;2*1-7-2-3-8-9(6-7)11(13)5-4-10(8)12;7-5-1-2-6(8)4-3-5;1-4-5(2)3;1-3-2;4*2-1-3;1-2(3)4;;;;;;;2-1(3,4)5;;/h6-7,11,14,17H,5,8-10H2,1-4H3;4-5,8,11,14H,6-7H2,1-3H3;4-5,8H,6-7H2,1-3H3;4,6-7H,5,8H2,1-3H3;2,4-5,12-13H,3,6H2,1H3;2,4-5,8-9H,3,6H2,1H3;1-4H;4H,1-2H2,3H3;3H,1-2H3;4*1H2;1H3;6*1H4;(H,2,3,4,5);;1H/q;;;;;;;;;;;;;;;;;;;;;+1;/p-1/t;8?,11-;;;;;;;;;;;;;;;;;;;;;/m.0...................../s1. The topological polar surface area (TPSA) is 367 Å². The number of aromatic hydroxyl groups is 2. The van der Waals surface area contributed by atoms with Gasteiger partial charge in [0.2, 0.25) is 0 Å². The van der Waals surface area contributed by atoms with Crippen LogP contribution in [0, 0.1) is 49.9 Å². The average Bonchev–Trinajstić information content (AvgIpc) is 0.882. The van der Waals surface area contributed by atoms with Crippen LogP contribution in [-0.2, 0) is 88.2 Å². The first-order valence-corrected chi connectivity index (χ1v) is 48.1. The zero-order valence-electron chi connectivity index (χ0n) is 78.2. The Morgan fingerprint density at radius 2 is 0.772 bits per heavy atom. The monoisotopic (exact) mass is 2100 g/mol. The average molecular weight is 2110 g/mol.